The van der Waals surface area contributed by atoms with Crippen LogP contribution in [0.25, 0.3) is 11.4 Å². The topological polar surface area (TPSA) is 55.6 Å². The van der Waals surface area contributed by atoms with Gasteiger partial charge in [0.2, 0.25) is 0 Å². The van der Waals surface area contributed by atoms with E-state index in [1.165, 1.54) is 0 Å². The van der Waals surface area contributed by atoms with E-state index in [2.05, 4.69) is 20.4 Å². The van der Waals surface area contributed by atoms with Crippen molar-refractivity contribution in [2.24, 2.45) is 0 Å². The predicted octanol–water partition coefficient (Wildman–Crippen LogP) is 2.45. The van der Waals surface area contributed by atoms with Crippen molar-refractivity contribution in [3.8, 4) is 11.4 Å². The number of nitrogens with zero attached hydrogens (tertiary/aromatic N) is 4. The second-order valence-electron chi connectivity index (χ2n) is 4.33. The van der Waals surface area contributed by atoms with E-state index in [-0.39, 0.29) is 0 Å². The molecule has 0 radical (unpaired) electrons. The third-order valence-corrected chi connectivity index (χ3v) is 2.89. The number of benzene rings is 1. The highest BCUT2D eigenvalue weighted by molar-refractivity contribution is 5.56. The third kappa shape index (κ3) is 3.00. The van der Waals surface area contributed by atoms with Crippen LogP contribution in [0.15, 0.2) is 61.1 Å². The van der Waals surface area contributed by atoms with Crippen LogP contribution in [-0.4, -0.2) is 26.3 Å². The molecule has 0 aliphatic carbocycles. The molecule has 0 amide bonds. The van der Waals surface area contributed by atoms with Crippen LogP contribution >= 0.6 is 0 Å². The summed E-state index contributed by atoms with van der Waals surface area (Å²) in [6.07, 6.45) is 5.49. The van der Waals surface area contributed by atoms with E-state index in [1.54, 1.807) is 12.4 Å². The molecule has 1 N–H and O–H groups in total. The van der Waals surface area contributed by atoms with Gasteiger partial charge in [0.25, 0.3) is 0 Å². The fourth-order valence-electron chi connectivity index (χ4n) is 1.91. The van der Waals surface area contributed by atoms with Gasteiger partial charge in [-0.05, 0) is 12.1 Å². The Morgan fingerprint density at radius 3 is 2.70 bits per heavy atom. The van der Waals surface area contributed by atoms with Crippen LogP contribution in [0.4, 0.5) is 5.82 Å². The zero-order valence-electron chi connectivity index (χ0n) is 11.0. The Kier molecular flexibility index (Phi) is 3.68. The average Bonchev–Trinajstić information content (AvgIpc) is 3.02. The zero-order valence-corrected chi connectivity index (χ0v) is 11.0. The summed E-state index contributed by atoms with van der Waals surface area (Å²) in [5.41, 5.74) is 1.02. The fourth-order valence-corrected chi connectivity index (χ4v) is 1.91. The van der Waals surface area contributed by atoms with Gasteiger partial charge in [-0.15, -0.1) is 0 Å². The van der Waals surface area contributed by atoms with Gasteiger partial charge in [0, 0.05) is 30.7 Å². The minimum atomic E-state index is 0.731. The van der Waals surface area contributed by atoms with Crippen LogP contribution in [0, 0.1) is 0 Å². The van der Waals surface area contributed by atoms with Gasteiger partial charge in [0.05, 0.1) is 6.54 Å². The van der Waals surface area contributed by atoms with Crippen LogP contribution in [0.5, 0.6) is 0 Å². The molecule has 0 aliphatic rings. The van der Waals surface area contributed by atoms with E-state index in [4.69, 9.17) is 0 Å². The number of aromatic nitrogens is 4. The van der Waals surface area contributed by atoms with Gasteiger partial charge in [0.1, 0.15) is 5.82 Å². The van der Waals surface area contributed by atoms with Crippen molar-refractivity contribution in [3.05, 3.63) is 61.1 Å². The molecule has 3 rings (SSSR count). The largest absolute Gasteiger partial charge is 0.368 e. The molecule has 5 nitrogen and oxygen atoms in total. The summed E-state index contributed by atoms with van der Waals surface area (Å²) in [5, 5.41) is 7.44. The normalized spacial score (nSPS) is 10.4. The molecule has 20 heavy (non-hydrogen) atoms. The van der Waals surface area contributed by atoms with Gasteiger partial charge in [-0.3, -0.25) is 4.68 Å². The van der Waals surface area contributed by atoms with Crippen molar-refractivity contribution in [2.45, 2.75) is 6.54 Å². The molecule has 2 aromatic heterocycles. The first-order valence-electron chi connectivity index (χ1n) is 6.51. The lowest BCUT2D eigenvalue weighted by Crippen LogP contribution is -2.11. The highest BCUT2D eigenvalue weighted by Crippen LogP contribution is 2.15. The second-order valence-corrected chi connectivity index (χ2v) is 4.33. The Morgan fingerprint density at radius 2 is 1.90 bits per heavy atom. The molecule has 0 saturated carbocycles. The summed E-state index contributed by atoms with van der Waals surface area (Å²) in [6, 6.07) is 13.7. The molecule has 0 bridgehead atoms. The van der Waals surface area contributed by atoms with Gasteiger partial charge >= 0.3 is 0 Å². The number of nitrogens with one attached hydrogen (secondary N) is 1. The monoisotopic (exact) mass is 265 g/mol. The summed E-state index contributed by atoms with van der Waals surface area (Å²) in [6.45, 7) is 1.57. The molecule has 0 aliphatic heterocycles. The zero-order chi connectivity index (χ0) is 13.6. The van der Waals surface area contributed by atoms with Crippen LogP contribution in [0.2, 0.25) is 0 Å². The fraction of sp³-hybridized carbons (Fsp3) is 0.133. The van der Waals surface area contributed by atoms with Crippen molar-refractivity contribution in [1.82, 2.24) is 19.7 Å². The number of anilines is 1. The Morgan fingerprint density at radius 1 is 1.00 bits per heavy atom. The molecule has 0 saturated heterocycles. The number of hydrogen-bond acceptors (Lipinski definition) is 4. The minimum absolute atomic E-state index is 0.731. The summed E-state index contributed by atoms with van der Waals surface area (Å²) >= 11 is 0. The molecule has 100 valence electrons. The highest BCUT2D eigenvalue weighted by Gasteiger charge is 2.01. The van der Waals surface area contributed by atoms with E-state index in [0.717, 1.165) is 30.3 Å². The van der Waals surface area contributed by atoms with E-state index in [0.29, 0.717) is 0 Å². The highest BCUT2D eigenvalue weighted by atomic mass is 15.3. The Hall–Kier alpha value is -2.69. The lowest BCUT2D eigenvalue weighted by Gasteiger charge is -2.07. The maximum atomic E-state index is 4.51. The molecule has 1 aromatic carbocycles. The number of rotatable bonds is 5. The SMILES string of the molecule is c1ccc(-c2nccc(NCCn3cccn3)n2)cc1. The minimum Gasteiger partial charge on any atom is -0.368 e. The van der Waals surface area contributed by atoms with Crippen LogP contribution in [-0.2, 0) is 6.54 Å². The van der Waals surface area contributed by atoms with Gasteiger partial charge in [-0.1, -0.05) is 30.3 Å². The molecule has 0 fully saturated rings. The quantitative estimate of drug-likeness (QED) is 0.770. The first-order chi connectivity index (χ1) is 9.92. The maximum absolute atomic E-state index is 4.51. The van der Waals surface area contributed by atoms with Crippen LogP contribution < -0.4 is 5.32 Å². The van der Waals surface area contributed by atoms with Crippen molar-refractivity contribution in [3.63, 3.8) is 0 Å². The van der Waals surface area contributed by atoms with E-state index < -0.39 is 0 Å². The van der Waals surface area contributed by atoms with Crippen LogP contribution in [0.1, 0.15) is 0 Å². The second kappa shape index (κ2) is 5.97. The summed E-state index contributed by atoms with van der Waals surface area (Å²) in [7, 11) is 0. The molecule has 0 spiro atoms. The van der Waals surface area contributed by atoms with Crippen molar-refractivity contribution >= 4 is 5.82 Å². The van der Waals surface area contributed by atoms with Gasteiger partial charge in [0.15, 0.2) is 5.82 Å². The molecule has 0 atom stereocenters. The third-order valence-electron chi connectivity index (χ3n) is 2.89. The Bertz CT molecular complexity index is 649. The Balaban J connectivity index is 1.66. The molecule has 3 aromatic rings. The lowest BCUT2D eigenvalue weighted by atomic mass is 10.2. The predicted molar refractivity (Wildman–Crippen MR) is 78.2 cm³/mol. The summed E-state index contributed by atoms with van der Waals surface area (Å²) in [4.78, 5) is 8.81. The number of hydrogen-bond donors (Lipinski definition) is 1. The van der Waals surface area contributed by atoms with Crippen molar-refractivity contribution in [2.75, 3.05) is 11.9 Å². The van der Waals surface area contributed by atoms with Gasteiger partial charge in [-0.2, -0.15) is 5.10 Å². The molecular weight excluding hydrogens is 250 g/mol. The van der Waals surface area contributed by atoms with E-state index in [1.807, 2.05) is 53.3 Å². The first kappa shape index (κ1) is 12.3. The average molecular weight is 265 g/mol. The van der Waals surface area contributed by atoms with Gasteiger partial charge in [-0.25, -0.2) is 9.97 Å². The lowest BCUT2D eigenvalue weighted by molar-refractivity contribution is 0.637. The summed E-state index contributed by atoms with van der Waals surface area (Å²) in [5.74, 6) is 1.56. The first-order valence-corrected chi connectivity index (χ1v) is 6.51. The molecule has 2 heterocycles. The molecule has 5 heteroatoms. The van der Waals surface area contributed by atoms with Crippen LogP contribution in [0.3, 0.4) is 0 Å². The Labute approximate surface area is 117 Å². The van der Waals surface area contributed by atoms with Crippen molar-refractivity contribution in [1.29, 1.82) is 0 Å². The molecule has 0 unspecified atom stereocenters. The smallest absolute Gasteiger partial charge is 0.161 e. The van der Waals surface area contributed by atoms with E-state index in [9.17, 15) is 0 Å². The van der Waals surface area contributed by atoms with E-state index >= 15 is 0 Å². The maximum Gasteiger partial charge on any atom is 0.161 e. The summed E-state index contributed by atoms with van der Waals surface area (Å²) < 4.78 is 1.88. The van der Waals surface area contributed by atoms with Crippen molar-refractivity contribution < 1.29 is 0 Å². The van der Waals surface area contributed by atoms with Gasteiger partial charge < -0.3 is 5.32 Å². The standard InChI is InChI=1S/C15H15N5/c1-2-5-13(6-3-1)15-17-9-7-14(19-15)16-10-12-20-11-4-8-18-20/h1-9,11H,10,12H2,(H,16,17,19). The molecular formula is C15H15N5.